The van der Waals surface area contributed by atoms with Gasteiger partial charge in [0, 0.05) is 12.7 Å². The van der Waals surface area contributed by atoms with Gasteiger partial charge in [0.25, 0.3) is 0 Å². The molecule has 0 spiro atoms. The molecule has 0 aliphatic carbocycles. The van der Waals surface area contributed by atoms with Crippen LogP contribution in [0, 0.1) is 0 Å². The minimum Gasteiger partial charge on any atom is -0.471 e. The molecule has 0 saturated carbocycles. The third-order valence-electron chi connectivity index (χ3n) is 3.55. The molecule has 0 saturated heterocycles. The van der Waals surface area contributed by atoms with Crippen molar-refractivity contribution in [2.24, 2.45) is 0 Å². The molecule has 0 bridgehead atoms. The second-order valence-corrected chi connectivity index (χ2v) is 5.36. The first-order valence-electron chi connectivity index (χ1n) is 7.13. The highest BCUT2D eigenvalue weighted by atomic mass is 16.5. The second-order valence-electron chi connectivity index (χ2n) is 5.36. The van der Waals surface area contributed by atoms with E-state index in [0.717, 1.165) is 11.4 Å². The standard InChI is InChI=1S/C18H23NO/c1-14(2)17-12-8-9-13-18(17)20-15(3)19(4)16-10-6-5-7-11-16/h5-15H,1-4H3. The third-order valence-corrected chi connectivity index (χ3v) is 3.55. The Morgan fingerprint density at radius 3 is 2.10 bits per heavy atom. The van der Waals surface area contributed by atoms with Crippen LogP contribution in [0.5, 0.6) is 5.75 Å². The summed E-state index contributed by atoms with van der Waals surface area (Å²) in [5.74, 6) is 1.43. The molecule has 0 aliphatic rings. The molecule has 1 atom stereocenters. The van der Waals surface area contributed by atoms with Crippen LogP contribution in [0.25, 0.3) is 0 Å². The Labute approximate surface area is 122 Å². The van der Waals surface area contributed by atoms with Crippen molar-refractivity contribution < 1.29 is 4.74 Å². The molecule has 1 unspecified atom stereocenters. The lowest BCUT2D eigenvalue weighted by molar-refractivity contribution is 0.219. The first kappa shape index (κ1) is 14.4. The maximum absolute atomic E-state index is 6.15. The van der Waals surface area contributed by atoms with E-state index in [9.17, 15) is 0 Å². The fourth-order valence-corrected chi connectivity index (χ4v) is 2.20. The van der Waals surface area contributed by atoms with E-state index in [1.54, 1.807) is 0 Å². The number of rotatable bonds is 5. The summed E-state index contributed by atoms with van der Waals surface area (Å²) in [5.41, 5.74) is 2.41. The zero-order valence-corrected chi connectivity index (χ0v) is 12.7. The molecule has 0 aromatic heterocycles. The lowest BCUT2D eigenvalue weighted by Crippen LogP contribution is -2.34. The molecule has 2 heteroatoms. The largest absolute Gasteiger partial charge is 0.471 e. The highest BCUT2D eigenvalue weighted by Gasteiger charge is 2.14. The summed E-state index contributed by atoms with van der Waals surface area (Å²) >= 11 is 0. The summed E-state index contributed by atoms with van der Waals surface area (Å²) in [5, 5.41) is 0. The average Bonchev–Trinajstić information content (AvgIpc) is 2.47. The summed E-state index contributed by atoms with van der Waals surface area (Å²) in [4.78, 5) is 2.14. The summed E-state index contributed by atoms with van der Waals surface area (Å²) in [6.45, 7) is 6.45. The second kappa shape index (κ2) is 6.47. The van der Waals surface area contributed by atoms with E-state index in [1.165, 1.54) is 5.56 Å². The van der Waals surface area contributed by atoms with Crippen LogP contribution in [0.1, 0.15) is 32.3 Å². The van der Waals surface area contributed by atoms with Crippen LogP contribution in [0.4, 0.5) is 5.69 Å². The Morgan fingerprint density at radius 1 is 0.850 bits per heavy atom. The molecule has 20 heavy (non-hydrogen) atoms. The van der Waals surface area contributed by atoms with Gasteiger partial charge in [-0.1, -0.05) is 50.2 Å². The predicted molar refractivity (Wildman–Crippen MR) is 85.5 cm³/mol. The number of para-hydroxylation sites is 2. The molecule has 0 aliphatic heterocycles. The molecule has 0 radical (unpaired) electrons. The monoisotopic (exact) mass is 269 g/mol. The van der Waals surface area contributed by atoms with Crippen LogP contribution in [0.15, 0.2) is 54.6 Å². The van der Waals surface area contributed by atoms with Crippen LogP contribution in [0.2, 0.25) is 0 Å². The van der Waals surface area contributed by atoms with Crippen molar-refractivity contribution in [3.63, 3.8) is 0 Å². The molecule has 2 nitrogen and oxygen atoms in total. The minimum absolute atomic E-state index is 0.0164. The molecule has 0 amide bonds. The fraction of sp³-hybridized carbons (Fsp3) is 0.333. The lowest BCUT2D eigenvalue weighted by Gasteiger charge is -2.28. The Kier molecular flexibility index (Phi) is 4.67. The van der Waals surface area contributed by atoms with Crippen molar-refractivity contribution in [1.82, 2.24) is 0 Å². The Balaban J connectivity index is 2.14. The van der Waals surface area contributed by atoms with Gasteiger partial charge >= 0.3 is 0 Å². The highest BCUT2D eigenvalue weighted by Crippen LogP contribution is 2.27. The van der Waals surface area contributed by atoms with Gasteiger partial charge in [-0.3, -0.25) is 0 Å². The van der Waals surface area contributed by atoms with Crippen molar-refractivity contribution >= 4 is 5.69 Å². The lowest BCUT2D eigenvalue weighted by atomic mass is 10.0. The van der Waals surface area contributed by atoms with Crippen molar-refractivity contribution in [2.45, 2.75) is 32.9 Å². The molecule has 2 aromatic rings. The van der Waals surface area contributed by atoms with E-state index in [2.05, 4.69) is 57.0 Å². The van der Waals surface area contributed by atoms with E-state index in [0.29, 0.717) is 5.92 Å². The van der Waals surface area contributed by atoms with Crippen LogP contribution < -0.4 is 9.64 Å². The third kappa shape index (κ3) is 3.32. The van der Waals surface area contributed by atoms with Crippen molar-refractivity contribution in [3.8, 4) is 5.75 Å². The molecular weight excluding hydrogens is 246 g/mol. The number of nitrogens with zero attached hydrogens (tertiary/aromatic N) is 1. The number of ether oxygens (including phenoxy) is 1. The molecule has 2 rings (SSSR count). The maximum atomic E-state index is 6.15. The molecule has 0 fully saturated rings. The van der Waals surface area contributed by atoms with E-state index in [4.69, 9.17) is 4.74 Å². The topological polar surface area (TPSA) is 12.5 Å². The number of benzene rings is 2. The van der Waals surface area contributed by atoms with E-state index in [-0.39, 0.29) is 6.23 Å². The summed E-state index contributed by atoms with van der Waals surface area (Å²) < 4.78 is 6.15. The molecule has 0 N–H and O–H groups in total. The van der Waals surface area contributed by atoms with Gasteiger partial charge in [-0.05, 0) is 36.6 Å². The van der Waals surface area contributed by atoms with Gasteiger partial charge in [0.15, 0.2) is 6.23 Å². The molecule has 106 valence electrons. The van der Waals surface area contributed by atoms with Crippen LogP contribution in [0.3, 0.4) is 0 Å². The average molecular weight is 269 g/mol. The van der Waals surface area contributed by atoms with Crippen LogP contribution in [-0.4, -0.2) is 13.3 Å². The van der Waals surface area contributed by atoms with Crippen molar-refractivity contribution in [2.75, 3.05) is 11.9 Å². The Hall–Kier alpha value is -1.96. The van der Waals surface area contributed by atoms with Crippen LogP contribution in [-0.2, 0) is 0 Å². The number of anilines is 1. The van der Waals surface area contributed by atoms with Gasteiger partial charge in [0.2, 0.25) is 0 Å². The first-order chi connectivity index (χ1) is 9.59. The Bertz CT molecular complexity index is 536. The number of hydrogen-bond acceptors (Lipinski definition) is 2. The predicted octanol–water partition coefficient (Wildman–Crippen LogP) is 4.67. The van der Waals surface area contributed by atoms with Gasteiger partial charge in [0.05, 0.1) is 0 Å². The molecule has 2 aromatic carbocycles. The van der Waals surface area contributed by atoms with Crippen LogP contribution >= 0.6 is 0 Å². The Morgan fingerprint density at radius 2 is 1.45 bits per heavy atom. The van der Waals surface area contributed by atoms with Gasteiger partial charge in [0.1, 0.15) is 5.75 Å². The maximum Gasteiger partial charge on any atom is 0.169 e. The molecule has 0 heterocycles. The van der Waals surface area contributed by atoms with Gasteiger partial charge in [-0.2, -0.15) is 0 Å². The highest BCUT2D eigenvalue weighted by molar-refractivity contribution is 5.46. The van der Waals surface area contributed by atoms with E-state index in [1.807, 2.05) is 30.3 Å². The molecular formula is C18H23NO. The zero-order chi connectivity index (χ0) is 14.5. The summed E-state index contributed by atoms with van der Waals surface area (Å²) in [6.07, 6.45) is -0.0164. The van der Waals surface area contributed by atoms with E-state index < -0.39 is 0 Å². The van der Waals surface area contributed by atoms with Gasteiger partial charge < -0.3 is 9.64 Å². The van der Waals surface area contributed by atoms with Gasteiger partial charge in [-0.15, -0.1) is 0 Å². The minimum atomic E-state index is -0.0164. The summed E-state index contributed by atoms with van der Waals surface area (Å²) in [7, 11) is 2.05. The SMILES string of the molecule is CC(C)c1ccccc1OC(C)N(C)c1ccccc1. The quantitative estimate of drug-likeness (QED) is 0.731. The smallest absolute Gasteiger partial charge is 0.169 e. The summed E-state index contributed by atoms with van der Waals surface area (Å²) in [6, 6.07) is 18.6. The normalized spacial score (nSPS) is 12.2. The first-order valence-corrected chi connectivity index (χ1v) is 7.13. The van der Waals surface area contributed by atoms with Crippen molar-refractivity contribution in [1.29, 1.82) is 0 Å². The van der Waals surface area contributed by atoms with Gasteiger partial charge in [-0.25, -0.2) is 0 Å². The fourth-order valence-electron chi connectivity index (χ4n) is 2.20. The van der Waals surface area contributed by atoms with Crippen molar-refractivity contribution in [3.05, 3.63) is 60.2 Å². The number of hydrogen-bond donors (Lipinski definition) is 0. The zero-order valence-electron chi connectivity index (χ0n) is 12.7. The van der Waals surface area contributed by atoms with E-state index >= 15 is 0 Å².